The van der Waals surface area contributed by atoms with Gasteiger partial charge in [-0.2, -0.15) is 0 Å². The van der Waals surface area contributed by atoms with Gasteiger partial charge in [0.15, 0.2) is 0 Å². The number of likely N-dealkylation sites (N-methyl/N-ethyl adjacent to an activating group) is 1. The van der Waals surface area contributed by atoms with E-state index in [4.69, 9.17) is 10.1 Å². The maximum Gasteiger partial charge on any atom is 0.418 e. The molecule has 1 aliphatic heterocycles. The van der Waals surface area contributed by atoms with E-state index in [1.165, 1.54) is 0 Å². The van der Waals surface area contributed by atoms with Crippen LogP contribution < -0.4 is 4.74 Å². The second-order valence-electron chi connectivity index (χ2n) is 5.71. The minimum atomic E-state index is -1.17. The summed E-state index contributed by atoms with van der Waals surface area (Å²) < 4.78 is 5.19. The van der Waals surface area contributed by atoms with Crippen molar-refractivity contribution in [3.63, 3.8) is 0 Å². The molecule has 1 aliphatic rings. The average Bonchev–Trinajstić information content (AvgIpc) is 2.86. The fraction of sp³-hybridized carbons (Fsp3) is 0.158. The number of ether oxygens (including phenoxy) is 1. The molecule has 1 heterocycles. The Kier molecular flexibility index (Phi) is 4.43. The maximum atomic E-state index is 11.7. The van der Waals surface area contributed by atoms with Crippen molar-refractivity contribution in [2.75, 3.05) is 14.2 Å². The Labute approximate surface area is 146 Å². The van der Waals surface area contributed by atoms with Crippen molar-refractivity contribution in [1.82, 2.24) is 9.80 Å². The minimum Gasteiger partial charge on any atom is -0.497 e. The summed E-state index contributed by atoms with van der Waals surface area (Å²) in [5.41, 5.74) is 2.29. The number of guanidine groups is 1. The number of nitrogens with zero attached hydrogens (tertiary/aromatic N) is 2. The first-order chi connectivity index (χ1) is 12.0. The fourth-order valence-corrected chi connectivity index (χ4v) is 2.97. The highest BCUT2D eigenvalue weighted by molar-refractivity contribution is 5.98. The van der Waals surface area contributed by atoms with Crippen molar-refractivity contribution < 1.29 is 14.6 Å². The smallest absolute Gasteiger partial charge is 0.418 e. The van der Waals surface area contributed by atoms with Gasteiger partial charge in [0.2, 0.25) is 5.96 Å². The van der Waals surface area contributed by atoms with Crippen molar-refractivity contribution in [3.05, 3.63) is 71.4 Å². The number of amides is 1. The summed E-state index contributed by atoms with van der Waals surface area (Å²) in [5.74, 6) is 0.652. The van der Waals surface area contributed by atoms with Gasteiger partial charge in [0.05, 0.1) is 18.8 Å². The van der Waals surface area contributed by atoms with Crippen LogP contribution in [0.15, 0.2) is 60.3 Å². The van der Waals surface area contributed by atoms with E-state index in [-0.39, 0.29) is 12.0 Å². The molecule has 0 radical (unpaired) electrons. The van der Waals surface area contributed by atoms with Gasteiger partial charge in [-0.3, -0.25) is 5.41 Å². The standard InChI is InChI=1S/C19H19N3O3/c1-21-17(14-8-10-15(25-2)11-9-14)16(22(18(21)20)19(23)24)12-13-6-4-3-5-7-13/h3-12,17,20H,1-2H3,(H,23,24)/b16-12-,20-18?. The van der Waals surface area contributed by atoms with E-state index in [1.54, 1.807) is 25.1 Å². The number of carboxylic acid groups (broad SMARTS) is 1. The summed E-state index contributed by atoms with van der Waals surface area (Å²) in [7, 11) is 3.32. The molecule has 6 nitrogen and oxygen atoms in total. The third-order valence-corrected chi connectivity index (χ3v) is 4.21. The first-order valence-corrected chi connectivity index (χ1v) is 7.78. The van der Waals surface area contributed by atoms with Crippen LogP contribution in [0.1, 0.15) is 17.2 Å². The van der Waals surface area contributed by atoms with Crippen LogP contribution in [0.3, 0.4) is 0 Å². The molecular formula is C19H19N3O3. The van der Waals surface area contributed by atoms with Gasteiger partial charge in [0.1, 0.15) is 5.75 Å². The van der Waals surface area contributed by atoms with Crippen LogP contribution in [0, 0.1) is 5.41 Å². The molecule has 0 bridgehead atoms. The number of benzene rings is 2. The van der Waals surface area contributed by atoms with E-state index < -0.39 is 6.09 Å². The van der Waals surface area contributed by atoms with Crippen LogP contribution in [-0.2, 0) is 0 Å². The Morgan fingerprint density at radius 2 is 1.80 bits per heavy atom. The van der Waals surface area contributed by atoms with Gasteiger partial charge >= 0.3 is 6.09 Å². The number of rotatable bonds is 3. The second-order valence-corrected chi connectivity index (χ2v) is 5.71. The highest BCUT2D eigenvalue weighted by Gasteiger charge is 2.41. The molecule has 0 aliphatic carbocycles. The quantitative estimate of drug-likeness (QED) is 0.896. The number of hydrogen-bond donors (Lipinski definition) is 2. The van der Waals surface area contributed by atoms with Gasteiger partial charge in [0, 0.05) is 7.05 Å². The van der Waals surface area contributed by atoms with E-state index in [9.17, 15) is 9.90 Å². The predicted molar refractivity (Wildman–Crippen MR) is 95.5 cm³/mol. The van der Waals surface area contributed by atoms with Gasteiger partial charge < -0.3 is 14.7 Å². The SMILES string of the molecule is COc1ccc(C2/C(=C/c3ccccc3)N(C(=O)O)C(=N)N2C)cc1. The molecule has 0 aromatic heterocycles. The van der Waals surface area contributed by atoms with Crippen molar-refractivity contribution in [2.45, 2.75) is 6.04 Å². The Morgan fingerprint density at radius 1 is 1.16 bits per heavy atom. The van der Waals surface area contributed by atoms with E-state index in [1.807, 2.05) is 54.6 Å². The topological polar surface area (TPSA) is 76.9 Å². The van der Waals surface area contributed by atoms with E-state index in [0.717, 1.165) is 21.8 Å². The summed E-state index contributed by atoms with van der Waals surface area (Å²) in [4.78, 5) is 14.4. The lowest BCUT2D eigenvalue weighted by Gasteiger charge is -2.20. The molecule has 1 saturated heterocycles. The Hall–Kier alpha value is -3.28. The van der Waals surface area contributed by atoms with E-state index in [0.29, 0.717) is 5.70 Å². The van der Waals surface area contributed by atoms with E-state index in [2.05, 4.69) is 0 Å². The van der Waals surface area contributed by atoms with E-state index >= 15 is 0 Å². The molecule has 25 heavy (non-hydrogen) atoms. The van der Waals surface area contributed by atoms with Crippen molar-refractivity contribution in [3.8, 4) is 5.75 Å². The molecule has 6 heteroatoms. The normalized spacial score (nSPS) is 18.7. The lowest BCUT2D eigenvalue weighted by molar-refractivity contribution is 0.177. The molecule has 0 spiro atoms. The van der Waals surface area contributed by atoms with Gasteiger partial charge in [-0.25, -0.2) is 9.69 Å². The van der Waals surface area contributed by atoms with Gasteiger partial charge in [-0.05, 0) is 29.3 Å². The zero-order chi connectivity index (χ0) is 18.0. The van der Waals surface area contributed by atoms with Crippen LogP contribution in [0.25, 0.3) is 6.08 Å². The number of nitrogens with one attached hydrogen (secondary N) is 1. The fourth-order valence-electron chi connectivity index (χ4n) is 2.97. The highest BCUT2D eigenvalue weighted by Crippen LogP contribution is 2.38. The highest BCUT2D eigenvalue weighted by atomic mass is 16.5. The molecule has 0 saturated carbocycles. The third-order valence-electron chi connectivity index (χ3n) is 4.21. The van der Waals surface area contributed by atoms with Gasteiger partial charge in [-0.1, -0.05) is 42.5 Å². The Morgan fingerprint density at radius 3 is 2.36 bits per heavy atom. The molecule has 1 atom stereocenters. The minimum absolute atomic E-state index is 0.0736. The van der Waals surface area contributed by atoms with Crippen LogP contribution in [0.2, 0.25) is 0 Å². The van der Waals surface area contributed by atoms with Crippen molar-refractivity contribution >= 4 is 18.1 Å². The number of hydrogen-bond acceptors (Lipinski definition) is 3. The van der Waals surface area contributed by atoms with Crippen LogP contribution >= 0.6 is 0 Å². The second kappa shape index (κ2) is 6.68. The zero-order valence-corrected chi connectivity index (χ0v) is 14.0. The number of methoxy groups -OCH3 is 1. The van der Waals surface area contributed by atoms with Crippen LogP contribution in [0.5, 0.6) is 5.75 Å². The van der Waals surface area contributed by atoms with Crippen LogP contribution in [0.4, 0.5) is 4.79 Å². The Balaban J connectivity index is 2.10. The zero-order valence-electron chi connectivity index (χ0n) is 14.0. The number of carbonyl (C=O) groups is 1. The van der Waals surface area contributed by atoms with Crippen molar-refractivity contribution in [2.24, 2.45) is 0 Å². The molecule has 2 aromatic carbocycles. The van der Waals surface area contributed by atoms with Gasteiger partial charge in [-0.15, -0.1) is 0 Å². The summed E-state index contributed by atoms with van der Waals surface area (Å²) >= 11 is 0. The summed E-state index contributed by atoms with van der Waals surface area (Å²) in [5, 5.41) is 17.8. The van der Waals surface area contributed by atoms with Gasteiger partial charge in [0.25, 0.3) is 0 Å². The molecule has 1 unspecified atom stereocenters. The largest absolute Gasteiger partial charge is 0.497 e. The third kappa shape index (κ3) is 3.06. The molecular weight excluding hydrogens is 318 g/mol. The summed E-state index contributed by atoms with van der Waals surface area (Å²) in [6, 6.07) is 16.6. The average molecular weight is 337 g/mol. The molecule has 3 rings (SSSR count). The molecule has 1 amide bonds. The maximum absolute atomic E-state index is 11.7. The van der Waals surface area contributed by atoms with Crippen molar-refractivity contribution in [1.29, 1.82) is 5.41 Å². The summed E-state index contributed by atoms with van der Waals surface area (Å²) in [6.45, 7) is 0. The first-order valence-electron chi connectivity index (χ1n) is 7.78. The van der Waals surface area contributed by atoms with Crippen LogP contribution in [-0.4, -0.2) is 41.1 Å². The first kappa shape index (κ1) is 16.6. The molecule has 128 valence electrons. The Bertz CT molecular complexity index is 816. The molecule has 2 N–H and O–H groups in total. The molecule has 2 aromatic rings. The lowest BCUT2D eigenvalue weighted by Crippen LogP contribution is -2.33. The monoisotopic (exact) mass is 337 g/mol. The lowest BCUT2D eigenvalue weighted by atomic mass is 10.0. The predicted octanol–water partition coefficient (Wildman–Crippen LogP) is 3.64. The molecule has 1 fully saturated rings. The summed E-state index contributed by atoms with van der Waals surface area (Å²) in [6.07, 6.45) is 0.635.